The molecule has 170 valence electrons. The fraction of sp³-hybridized carbons (Fsp3) is 0.476. The fourth-order valence-electron chi connectivity index (χ4n) is 3.17. The first-order valence-electron chi connectivity index (χ1n) is 9.92. The molecular formula is C21H26O10. The standard InChI is InChI=1S/C21H26O10/c1-2-3-4-5-8-28-19-12-7-6-11(9-13(12)30-20(27)18(19)26)29-21-17(25)16(24)15(23)14(10-22)31-21/h3-4,6-7,9,14-17,21-26H,2,5,8,10H2,1H3/b4-3+/t14-,15-,16+,17-,21-/m1/s1. The predicted molar refractivity (Wildman–Crippen MR) is 108 cm³/mol. The summed E-state index contributed by atoms with van der Waals surface area (Å²) in [5.41, 5.74) is -0.930. The monoisotopic (exact) mass is 438 g/mol. The van der Waals surface area contributed by atoms with Crippen LogP contribution in [0, 0.1) is 0 Å². The van der Waals surface area contributed by atoms with Gasteiger partial charge in [0.2, 0.25) is 12.0 Å². The summed E-state index contributed by atoms with van der Waals surface area (Å²) in [5, 5.41) is 49.5. The Morgan fingerprint density at radius 2 is 1.90 bits per heavy atom. The van der Waals surface area contributed by atoms with Gasteiger partial charge >= 0.3 is 5.63 Å². The van der Waals surface area contributed by atoms with Crippen molar-refractivity contribution in [3.63, 3.8) is 0 Å². The highest BCUT2D eigenvalue weighted by Crippen LogP contribution is 2.34. The molecule has 0 saturated carbocycles. The van der Waals surface area contributed by atoms with E-state index in [9.17, 15) is 30.3 Å². The molecule has 31 heavy (non-hydrogen) atoms. The molecule has 0 bridgehead atoms. The van der Waals surface area contributed by atoms with E-state index in [1.165, 1.54) is 18.2 Å². The van der Waals surface area contributed by atoms with Gasteiger partial charge in [0.25, 0.3) is 0 Å². The average Bonchev–Trinajstić information content (AvgIpc) is 2.76. The summed E-state index contributed by atoms with van der Waals surface area (Å²) in [7, 11) is 0. The minimum absolute atomic E-state index is 0.0180. The summed E-state index contributed by atoms with van der Waals surface area (Å²) >= 11 is 0. The van der Waals surface area contributed by atoms with Crippen molar-refractivity contribution in [1.29, 1.82) is 0 Å². The van der Waals surface area contributed by atoms with E-state index in [0.29, 0.717) is 11.8 Å². The van der Waals surface area contributed by atoms with Gasteiger partial charge in [-0.05, 0) is 25.0 Å². The lowest BCUT2D eigenvalue weighted by Gasteiger charge is -2.39. The summed E-state index contributed by atoms with van der Waals surface area (Å²) in [5.74, 6) is -0.549. The van der Waals surface area contributed by atoms with Crippen LogP contribution in [0.3, 0.4) is 0 Å². The molecule has 1 aliphatic rings. The number of rotatable bonds is 8. The van der Waals surface area contributed by atoms with Crippen LogP contribution in [0.1, 0.15) is 19.8 Å². The highest BCUT2D eigenvalue weighted by Gasteiger charge is 2.44. The van der Waals surface area contributed by atoms with Crippen LogP contribution in [0.4, 0.5) is 0 Å². The first-order chi connectivity index (χ1) is 14.9. The van der Waals surface area contributed by atoms with Crippen LogP contribution in [0.5, 0.6) is 17.2 Å². The van der Waals surface area contributed by atoms with Gasteiger partial charge in [-0.1, -0.05) is 19.1 Å². The van der Waals surface area contributed by atoms with Crippen molar-refractivity contribution in [3.8, 4) is 17.2 Å². The van der Waals surface area contributed by atoms with Crippen molar-refractivity contribution >= 4 is 11.0 Å². The largest absolute Gasteiger partial charge is 0.499 e. The maximum Gasteiger partial charge on any atom is 0.382 e. The smallest absolute Gasteiger partial charge is 0.382 e. The van der Waals surface area contributed by atoms with Crippen molar-refractivity contribution in [3.05, 3.63) is 40.8 Å². The molecule has 10 nitrogen and oxygen atoms in total. The first-order valence-corrected chi connectivity index (χ1v) is 9.92. The molecule has 1 aromatic heterocycles. The van der Waals surface area contributed by atoms with E-state index < -0.39 is 48.7 Å². The third-order valence-corrected chi connectivity index (χ3v) is 4.84. The van der Waals surface area contributed by atoms with Gasteiger partial charge in [0.1, 0.15) is 35.7 Å². The Kier molecular flexibility index (Phi) is 7.52. The molecule has 1 saturated heterocycles. The maximum atomic E-state index is 12.0. The molecule has 1 aliphatic heterocycles. The third-order valence-electron chi connectivity index (χ3n) is 4.84. The number of benzene rings is 1. The molecule has 1 fully saturated rings. The highest BCUT2D eigenvalue weighted by atomic mass is 16.7. The number of fused-ring (bicyclic) bond motifs is 1. The van der Waals surface area contributed by atoms with Crippen molar-refractivity contribution < 1.29 is 44.2 Å². The van der Waals surface area contributed by atoms with Gasteiger partial charge in [-0.3, -0.25) is 0 Å². The quantitative estimate of drug-likeness (QED) is 0.222. The molecule has 2 aromatic rings. The van der Waals surface area contributed by atoms with Crippen LogP contribution in [-0.2, 0) is 4.74 Å². The van der Waals surface area contributed by atoms with E-state index >= 15 is 0 Å². The molecule has 0 amide bonds. The Bertz CT molecular complexity index is 967. The van der Waals surface area contributed by atoms with Crippen LogP contribution in [0.25, 0.3) is 11.0 Å². The van der Waals surface area contributed by atoms with E-state index in [0.717, 1.165) is 6.42 Å². The van der Waals surface area contributed by atoms with Crippen molar-refractivity contribution in [2.45, 2.75) is 50.5 Å². The number of allylic oxidation sites excluding steroid dienone is 1. The van der Waals surface area contributed by atoms with Crippen LogP contribution >= 0.6 is 0 Å². The average molecular weight is 438 g/mol. The van der Waals surface area contributed by atoms with Gasteiger partial charge < -0.3 is 44.2 Å². The van der Waals surface area contributed by atoms with Gasteiger partial charge in [-0.2, -0.15) is 0 Å². The van der Waals surface area contributed by atoms with Crippen LogP contribution in [0.15, 0.2) is 39.6 Å². The number of aliphatic hydroxyl groups is 4. The summed E-state index contributed by atoms with van der Waals surface area (Å²) < 4.78 is 21.5. The molecule has 5 atom stereocenters. The third kappa shape index (κ3) is 5.00. The first kappa shape index (κ1) is 23.0. The molecule has 10 heteroatoms. The molecule has 0 radical (unpaired) electrons. The second-order valence-corrected chi connectivity index (χ2v) is 7.06. The number of hydrogen-bond acceptors (Lipinski definition) is 10. The lowest BCUT2D eigenvalue weighted by Crippen LogP contribution is -2.60. The van der Waals surface area contributed by atoms with Crippen molar-refractivity contribution in [2.24, 2.45) is 0 Å². The van der Waals surface area contributed by atoms with Gasteiger partial charge in [0.15, 0.2) is 5.75 Å². The Hall–Kier alpha value is -2.63. The summed E-state index contributed by atoms with van der Waals surface area (Å²) in [6.07, 6.45) is -1.82. The second-order valence-electron chi connectivity index (χ2n) is 7.06. The Morgan fingerprint density at radius 3 is 2.61 bits per heavy atom. The minimum atomic E-state index is -1.59. The van der Waals surface area contributed by atoms with Crippen molar-refractivity contribution in [1.82, 2.24) is 0 Å². The second kappa shape index (κ2) is 10.1. The minimum Gasteiger partial charge on any atom is -0.499 e. The van der Waals surface area contributed by atoms with E-state index in [4.69, 9.17) is 18.6 Å². The molecular weight excluding hydrogens is 412 g/mol. The topological polar surface area (TPSA) is 159 Å². The molecule has 3 rings (SSSR count). The van der Waals surface area contributed by atoms with E-state index in [-0.39, 0.29) is 23.7 Å². The van der Waals surface area contributed by atoms with E-state index in [1.54, 1.807) is 0 Å². The Labute approximate surface area is 177 Å². The maximum absolute atomic E-state index is 12.0. The van der Waals surface area contributed by atoms with Crippen LogP contribution < -0.4 is 15.1 Å². The SMILES string of the molecule is CC/C=C/CCOc1c(O)c(=O)oc2cc(O[C@@H]3O[C@H](CO)[C@@H](O)[C@H](O)[C@H]3O)ccc12. The van der Waals surface area contributed by atoms with E-state index in [1.807, 2.05) is 19.1 Å². The molecule has 0 unspecified atom stereocenters. The molecule has 0 aliphatic carbocycles. The van der Waals surface area contributed by atoms with E-state index in [2.05, 4.69) is 0 Å². The zero-order valence-corrected chi connectivity index (χ0v) is 16.9. The number of hydrogen-bond donors (Lipinski definition) is 5. The van der Waals surface area contributed by atoms with Crippen LogP contribution in [0.2, 0.25) is 0 Å². The molecule has 5 N–H and O–H groups in total. The molecule has 2 heterocycles. The Morgan fingerprint density at radius 1 is 1.13 bits per heavy atom. The van der Waals surface area contributed by atoms with Gasteiger partial charge in [0.05, 0.1) is 18.6 Å². The van der Waals surface area contributed by atoms with Gasteiger partial charge in [-0.15, -0.1) is 0 Å². The lowest BCUT2D eigenvalue weighted by atomic mass is 9.99. The zero-order chi connectivity index (χ0) is 22.5. The summed E-state index contributed by atoms with van der Waals surface area (Å²) in [4.78, 5) is 12.0. The Balaban J connectivity index is 1.83. The van der Waals surface area contributed by atoms with Gasteiger partial charge in [0, 0.05) is 6.07 Å². The molecule has 0 spiro atoms. The van der Waals surface area contributed by atoms with Crippen LogP contribution in [-0.4, -0.2) is 69.5 Å². The number of aliphatic hydroxyl groups excluding tert-OH is 4. The number of ether oxygens (including phenoxy) is 3. The fourth-order valence-corrected chi connectivity index (χ4v) is 3.17. The predicted octanol–water partition coefficient (Wildman–Crippen LogP) is 0.412. The normalized spacial score (nSPS) is 26.4. The molecule has 1 aromatic carbocycles. The summed E-state index contributed by atoms with van der Waals surface area (Å²) in [6, 6.07) is 4.29. The van der Waals surface area contributed by atoms with Crippen molar-refractivity contribution in [2.75, 3.05) is 13.2 Å². The summed E-state index contributed by atoms with van der Waals surface area (Å²) in [6.45, 7) is 1.65. The highest BCUT2D eigenvalue weighted by molar-refractivity contribution is 5.86. The number of aromatic hydroxyl groups is 1. The lowest BCUT2D eigenvalue weighted by molar-refractivity contribution is -0.277. The van der Waals surface area contributed by atoms with Gasteiger partial charge in [-0.25, -0.2) is 4.79 Å². The zero-order valence-electron chi connectivity index (χ0n) is 16.9.